The smallest absolute Gasteiger partial charge is 0.491 e. The second-order valence-corrected chi connectivity index (χ2v) is 9.39. The van der Waals surface area contributed by atoms with Crippen LogP contribution in [0.1, 0.15) is 51.5 Å². The number of carbonyl (C=O) groups excluding carboxylic acids is 2. The molecule has 2 rings (SSSR count). The van der Waals surface area contributed by atoms with Crippen LogP contribution in [0.25, 0.3) is 0 Å². The zero-order valence-corrected chi connectivity index (χ0v) is 21.3. The summed E-state index contributed by atoms with van der Waals surface area (Å²) in [5, 5.41) is 30.9. The van der Waals surface area contributed by atoms with Gasteiger partial charge in [-0.2, -0.15) is 13.2 Å². The normalized spacial score (nSPS) is 22.8. The van der Waals surface area contributed by atoms with Crippen LogP contribution in [-0.4, -0.2) is 58.5 Å². The van der Waals surface area contributed by atoms with Gasteiger partial charge in [0.2, 0.25) is 0 Å². The van der Waals surface area contributed by atoms with Crippen molar-refractivity contribution >= 4 is 12.1 Å². The van der Waals surface area contributed by atoms with Gasteiger partial charge < -0.3 is 29.5 Å². The molecule has 0 amide bonds. The van der Waals surface area contributed by atoms with Crippen molar-refractivity contribution in [2.75, 3.05) is 6.61 Å². The minimum atomic E-state index is -4.50. The van der Waals surface area contributed by atoms with Gasteiger partial charge in [0.15, 0.2) is 0 Å². The number of esters is 1. The van der Waals surface area contributed by atoms with E-state index in [1.165, 1.54) is 18.2 Å². The Morgan fingerprint density at radius 2 is 1.89 bits per heavy atom. The number of alkyl halides is 3. The number of aliphatic hydroxyl groups excluding tert-OH is 3. The molecule has 1 aromatic rings. The lowest BCUT2D eigenvalue weighted by atomic mass is 9.89. The second kappa shape index (κ2) is 14.9. The fourth-order valence-corrected chi connectivity index (χ4v) is 4.06. The van der Waals surface area contributed by atoms with Crippen LogP contribution in [-0.2, 0) is 20.4 Å². The van der Waals surface area contributed by atoms with Crippen LogP contribution in [0.2, 0.25) is 0 Å². The number of hydrogen-bond acceptors (Lipinski definition) is 8. The van der Waals surface area contributed by atoms with Crippen molar-refractivity contribution in [3.8, 4) is 5.75 Å². The van der Waals surface area contributed by atoms with Crippen LogP contribution in [0.3, 0.4) is 0 Å². The molecular weight excluding hydrogens is 509 g/mol. The van der Waals surface area contributed by atoms with E-state index in [2.05, 4.69) is 4.74 Å². The molecule has 3 N–H and O–H groups in total. The first-order valence-electron chi connectivity index (χ1n) is 12.5. The van der Waals surface area contributed by atoms with Crippen LogP contribution in [0.4, 0.5) is 18.0 Å². The highest BCUT2D eigenvalue weighted by Gasteiger charge is 2.39. The van der Waals surface area contributed by atoms with E-state index in [1.54, 1.807) is 19.9 Å². The van der Waals surface area contributed by atoms with Gasteiger partial charge in [0.1, 0.15) is 18.5 Å². The van der Waals surface area contributed by atoms with E-state index in [4.69, 9.17) is 9.47 Å². The highest BCUT2D eigenvalue weighted by molar-refractivity contribution is 5.81. The van der Waals surface area contributed by atoms with Gasteiger partial charge in [-0.3, -0.25) is 4.79 Å². The summed E-state index contributed by atoms with van der Waals surface area (Å²) >= 11 is 0. The highest BCUT2D eigenvalue weighted by atomic mass is 19.4. The molecule has 1 fully saturated rings. The average molecular weight is 545 g/mol. The number of ether oxygens (including phenoxy) is 3. The molecule has 0 radical (unpaired) electrons. The minimum Gasteiger partial charge on any atom is -0.491 e. The Hall–Kier alpha value is -2.89. The van der Waals surface area contributed by atoms with E-state index >= 15 is 0 Å². The van der Waals surface area contributed by atoms with Gasteiger partial charge in [0.05, 0.1) is 23.9 Å². The Labute approximate surface area is 219 Å². The molecule has 5 unspecified atom stereocenters. The maximum Gasteiger partial charge on any atom is 0.516 e. The summed E-state index contributed by atoms with van der Waals surface area (Å²) in [5.74, 6) is -1.47. The van der Waals surface area contributed by atoms with E-state index < -0.39 is 48.1 Å². The third-order valence-electron chi connectivity index (χ3n) is 5.91. The first kappa shape index (κ1) is 31.3. The Kier molecular flexibility index (Phi) is 12.3. The lowest BCUT2D eigenvalue weighted by Gasteiger charge is -2.19. The monoisotopic (exact) mass is 544 g/mol. The fourth-order valence-electron chi connectivity index (χ4n) is 4.06. The summed E-state index contributed by atoms with van der Waals surface area (Å²) in [4.78, 5) is 22.9. The maximum atomic E-state index is 12.8. The van der Waals surface area contributed by atoms with Crippen LogP contribution in [0, 0.1) is 11.8 Å². The summed E-state index contributed by atoms with van der Waals surface area (Å²) in [6, 6.07) is 4.34. The molecule has 0 aromatic heterocycles. The Morgan fingerprint density at radius 3 is 2.58 bits per heavy atom. The van der Waals surface area contributed by atoms with Crippen LogP contribution >= 0.6 is 0 Å². The van der Waals surface area contributed by atoms with Gasteiger partial charge in [-0.1, -0.05) is 30.4 Å². The summed E-state index contributed by atoms with van der Waals surface area (Å²) in [5.41, 5.74) is -0.856. The third-order valence-corrected chi connectivity index (χ3v) is 5.91. The van der Waals surface area contributed by atoms with E-state index in [1.807, 2.05) is 12.2 Å². The van der Waals surface area contributed by atoms with Gasteiger partial charge in [-0.05, 0) is 57.2 Å². The summed E-state index contributed by atoms with van der Waals surface area (Å²) in [7, 11) is 0. The molecule has 0 spiro atoms. The van der Waals surface area contributed by atoms with Crippen molar-refractivity contribution in [1.29, 1.82) is 0 Å². The van der Waals surface area contributed by atoms with Crippen LogP contribution in [0.15, 0.2) is 48.6 Å². The lowest BCUT2D eigenvalue weighted by molar-refractivity contribution is -0.140. The standard InChI is InChI=1S/C27H35F3O8/c1-17(2)37-26(35)38-25(34)11-6-4-3-5-10-21-22(24(33)15-23(21)32)13-12-19(31)16-36-20-9-7-8-18(14-20)27(28,29)30/h3,5,7-9,12-14,17,19,21-24,31-33H,4,6,10-11,15-16H2,1-2H3. The summed E-state index contributed by atoms with van der Waals surface area (Å²) in [6.07, 6.45) is -0.367. The molecule has 38 heavy (non-hydrogen) atoms. The molecule has 0 saturated heterocycles. The van der Waals surface area contributed by atoms with Crippen molar-refractivity contribution < 1.29 is 52.3 Å². The minimum absolute atomic E-state index is 0.0321. The number of unbranched alkanes of at least 4 members (excludes halogenated alkanes) is 1. The number of carbonyl (C=O) groups is 2. The van der Waals surface area contributed by atoms with Crippen molar-refractivity contribution in [1.82, 2.24) is 0 Å². The lowest BCUT2D eigenvalue weighted by Crippen LogP contribution is -2.21. The number of benzene rings is 1. The fraction of sp³-hybridized carbons (Fsp3) is 0.556. The van der Waals surface area contributed by atoms with Crippen molar-refractivity contribution in [3.63, 3.8) is 0 Å². The number of hydrogen-bond donors (Lipinski definition) is 3. The summed E-state index contributed by atoms with van der Waals surface area (Å²) < 4.78 is 53.0. The quantitative estimate of drug-likeness (QED) is 0.152. The topological polar surface area (TPSA) is 123 Å². The number of allylic oxidation sites excluding steroid dienone is 2. The van der Waals surface area contributed by atoms with Gasteiger partial charge in [-0.25, -0.2) is 4.79 Å². The molecule has 0 bridgehead atoms. The predicted octanol–water partition coefficient (Wildman–Crippen LogP) is 4.56. The molecule has 1 aliphatic carbocycles. The Morgan fingerprint density at radius 1 is 1.16 bits per heavy atom. The van der Waals surface area contributed by atoms with Gasteiger partial charge in [-0.15, -0.1) is 0 Å². The van der Waals surface area contributed by atoms with Crippen molar-refractivity contribution in [3.05, 3.63) is 54.1 Å². The van der Waals surface area contributed by atoms with E-state index in [-0.39, 0.29) is 37.2 Å². The first-order valence-corrected chi connectivity index (χ1v) is 12.5. The van der Waals surface area contributed by atoms with Crippen molar-refractivity contribution in [2.45, 2.75) is 76.5 Å². The molecule has 5 atom stereocenters. The van der Waals surface area contributed by atoms with Crippen molar-refractivity contribution in [2.24, 2.45) is 11.8 Å². The number of halogens is 3. The maximum absolute atomic E-state index is 12.8. The van der Waals surface area contributed by atoms with Gasteiger partial charge in [0, 0.05) is 18.8 Å². The number of rotatable bonds is 12. The Balaban J connectivity index is 1.79. The van der Waals surface area contributed by atoms with E-state index in [0.717, 1.165) is 12.1 Å². The summed E-state index contributed by atoms with van der Waals surface area (Å²) in [6.45, 7) is 2.99. The van der Waals surface area contributed by atoms with Gasteiger partial charge >= 0.3 is 18.3 Å². The van der Waals surface area contributed by atoms with Crippen LogP contribution in [0.5, 0.6) is 5.75 Å². The zero-order chi connectivity index (χ0) is 28.3. The predicted molar refractivity (Wildman–Crippen MR) is 131 cm³/mol. The molecule has 8 nitrogen and oxygen atoms in total. The molecule has 212 valence electrons. The second-order valence-electron chi connectivity index (χ2n) is 9.39. The molecular formula is C27H35F3O8. The first-order chi connectivity index (χ1) is 17.9. The highest BCUT2D eigenvalue weighted by Crippen LogP contribution is 2.36. The SMILES string of the molecule is CC(C)OC(=O)OC(=O)CCCC=CCC1C(O)CC(O)C1C=CC(O)COc1cccc(C(F)(F)F)c1. The van der Waals surface area contributed by atoms with E-state index in [9.17, 15) is 38.1 Å². The van der Waals surface area contributed by atoms with Crippen LogP contribution < -0.4 is 4.74 Å². The molecule has 1 aromatic carbocycles. The van der Waals surface area contributed by atoms with E-state index in [0.29, 0.717) is 19.3 Å². The largest absolute Gasteiger partial charge is 0.516 e. The Bertz CT molecular complexity index is 960. The molecule has 0 heterocycles. The third kappa shape index (κ3) is 10.8. The molecule has 11 heteroatoms. The van der Waals surface area contributed by atoms with Gasteiger partial charge in [0.25, 0.3) is 0 Å². The molecule has 1 saturated carbocycles. The zero-order valence-electron chi connectivity index (χ0n) is 21.3. The molecule has 1 aliphatic rings. The number of aliphatic hydroxyl groups is 3. The average Bonchev–Trinajstić information content (AvgIpc) is 3.09. The molecule has 0 aliphatic heterocycles.